The van der Waals surface area contributed by atoms with Crippen LogP contribution >= 0.6 is 11.3 Å². The van der Waals surface area contributed by atoms with E-state index in [0.29, 0.717) is 11.5 Å². The van der Waals surface area contributed by atoms with Gasteiger partial charge >= 0.3 is 12.0 Å². The monoisotopic (exact) mass is 302 g/mol. The van der Waals surface area contributed by atoms with Crippen LogP contribution in [0, 0.1) is 0 Å². The molecule has 0 bridgehead atoms. The standard InChI is InChI=1S/C15H14N2O3S/c18-14(19)11-7-9-21-13(11)16-15(20)17-8-3-5-10-4-1-2-6-12(10)17/h1-2,4,6-7,9H,3,5,8H2,(H,16,20)(H,18,19). The summed E-state index contributed by atoms with van der Waals surface area (Å²) in [6, 6.07) is 9.00. The Labute approximate surface area is 125 Å². The number of carboxylic acid groups (broad SMARTS) is 1. The number of benzene rings is 1. The SMILES string of the molecule is O=C(O)c1ccsc1NC(=O)N1CCCc2ccccc21. The number of aromatic carboxylic acids is 1. The summed E-state index contributed by atoms with van der Waals surface area (Å²) in [4.78, 5) is 25.2. The van der Waals surface area contributed by atoms with Crippen LogP contribution in [-0.2, 0) is 6.42 Å². The molecule has 1 aromatic carbocycles. The molecule has 1 aliphatic heterocycles. The summed E-state index contributed by atoms with van der Waals surface area (Å²) >= 11 is 1.21. The second kappa shape index (κ2) is 5.57. The number of urea groups is 1. The van der Waals surface area contributed by atoms with Crippen molar-refractivity contribution in [2.45, 2.75) is 12.8 Å². The van der Waals surface area contributed by atoms with Gasteiger partial charge in [0.1, 0.15) is 5.00 Å². The number of nitrogens with zero attached hydrogens (tertiary/aromatic N) is 1. The number of rotatable bonds is 2. The maximum absolute atomic E-state index is 12.4. The number of aryl methyl sites for hydroxylation is 1. The Morgan fingerprint density at radius 2 is 2.05 bits per heavy atom. The summed E-state index contributed by atoms with van der Waals surface area (Å²) in [6.45, 7) is 0.636. The Morgan fingerprint density at radius 1 is 1.24 bits per heavy atom. The molecular formula is C15H14N2O3S. The van der Waals surface area contributed by atoms with Crippen LogP contribution in [0.5, 0.6) is 0 Å². The van der Waals surface area contributed by atoms with Crippen molar-refractivity contribution < 1.29 is 14.7 Å². The first-order chi connectivity index (χ1) is 10.2. The van der Waals surface area contributed by atoms with E-state index in [9.17, 15) is 9.59 Å². The minimum atomic E-state index is -1.04. The van der Waals surface area contributed by atoms with Gasteiger partial charge in [0.05, 0.1) is 5.56 Å². The lowest BCUT2D eigenvalue weighted by Gasteiger charge is -2.29. The van der Waals surface area contributed by atoms with Gasteiger partial charge in [-0.2, -0.15) is 0 Å². The predicted octanol–water partition coefficient (Wildman–Crippen LogP) is 3.43. The Bertz CT molecular complexity index is 696. The largest absolute Gasteiger partial charge is 0.478 e. The van der Waals surface area contributed by atoms with Crippen LogP contribution in [0.15, 0.2) is 35.7 Å². The molecule has 0 fully saturated rings. The molecule has 5 nitrogen and oxygen atoms in total. The molecule has 3 rings (SSSR count). The summed E-state index contributed by atoms with van der Waals surface area (Å²) in [5.74, 6) is -1.04. The smallest absolute Gasteiger partial charge is 0.338 e. The van der Waals surface area contributed by atoms with Crippen molar-refractivity contribution in [2.75, 3.05) is 16.8 Å². The third-order valence-electron chi connectivity index (χ3n) is 3.47. The molecule has 2 amide bonds. The lowest BCUT2D eigenvalue weighted by Crippen LogP contribution is -2.38. The Balaban J connectivity index is 1.84. The number of amides is 2. The lowest BCUT2D eigenvalue weighted by atomic mass is 10.0. The van der Waals surface area contributed by atoms with Crippen LogP contribution in [0.4, 0.5) is 15.5 Å². The van der Waals surface area contributed by atoms with E-state index in [4.69, 9.17) is 5.11 Å². The Hall–Kier alpha value is -2.34. The molecule has 2 N–H and O–H groups in total. The number of carbonyl (C=O) groups excluding carboxylic acids is 1. The summed E-state index contributed by atoms with van der Waals surface area (Å²) < 4.78 is 0. The van der Waals surface area contributed by atoms with Gasteiger partial charge in [-0.05, 0) is 35.9 Å². The maximum Gasteiger partial charge on any atom is 0.338 e. The van der Waals surface area contributed by atoms with Crippen molar-refractivity contribution in [3.8, 4) is 0 Å². The van der Waals surface area contributed by atoms with E-state index < -0.39 is 5.97 Å². The van der Waals surface area contributed by atoms with Crippen LogP contribution in [0.25, 0.3) is 0 Å². The number of hydrogen-bond donors (Lipinski definition) is 2. The van der Waals surface area contributed by atoms with Crippen molar-refractivity contribution in [1.29, 1.82) is 0 Å². The summed E-state index contributed by atoms with van der Waals surface area (Å²) in [5.41, 5.74) is 2.16. The number of carbonyl (C=O) groups is 2. The van der Waals surface area contributed by atoms with Crippen molar-refractivity contribution in [3.05, 3.63) is 46.8 Å². The van der Waals surface area contributed by atoms with E-state index in [0.717, 1.165) is 24.1 Å². The number of anilines is 2. The number of thiophene rings is 1. The number of nitrogens with one attached hydrogen (secondary N) is 1. The Morgan fingerprint density at radius 3 is 2.86 bits per heavy atom. The van der Waals surface area contributed by atoms with Crippen LogP contribution in [0.2, 0.25) is 0 Å². The first-order valence-corrected chi connectivity index (χ1v) is 7.52. The van der Waals surface area contributed by atoms with Gasteiger partial charge in [0.15, 0.2) is 0 Å². The first-order valence-electron chi connectivity index (χ1n) is 6.64. The molecule has 0 atom stereocenters. The third-order valence-corrected chi connectivity index (χ3v) is 4.30. The van der Waals surface area contributed by atoms with E-state index in [1.165, 1.54) is 17.4 Å². The topological polar surface area (TPSA) is 69.6 Å². The van der Waals surface area contributed by atoms with Crippen LogP contribution < -0.4 is 10.2 Å². The van der Waals surface area contributed by atoms with E-state index in [1.54, 1.807) is 10.3 Å². The molecule has 0 unspecified atom stereocenters. The predicted molar refractivity (Wildman–Crippen MR) is 82.4 cm³/mol. The number of fused-ring (bicyclic) bond motifs is 1. The third kappa shape index (κ3) is 2.62. The van der Waals surface area contributed by atoms with Gasteiger partial charge in [-0.25, -0.2) is 9.59 Å². The van der Waals surface area contributed by atoms with E-state index in [1.807, 2.05) is 24.3 Å². The fourth-order valence-corrected chi connectivity index (χ4v) is 3.25. The fourth-order valence-electron chi connectivity index (χ4n) is 2.48. The lowest BCUT2D eigenvalue weighted by molar-refractivity contribution is 0.0698. The van der Waals surface area contributed by atoms with E-state index in [2.05, 4.69) is 5.32 Å². The first kappa shape index (κ1) is 13.6. The molecule has 1 aromatic heterocycles. The quantitative estimate of drug-likeness (QED) is 0.893. The second-order valence-corrected chi connectivity index (χ2v) is 5.70. The normalized spacial score (nSPS) is 13.6. The van der Waals surface area contributed by atoms with Gasteiger partial charge in [-0.15, -0.1) is 11.3 Å². The molecule has 1 aliphatic rings. The van der Waals surface area contributed by atoms with Gasteiger partial charge in [-0.3, -0.25) is 10.2 Å². The average Bonchev–Trinajstić information content (AvgIpc) is 2.95. The minimum absolute atomic E-state index is 0.124. The van der Waals surface area contributed by atoms with Gasteiger partial charge < -0.3 is 5.11 Å². The van der Waals surface area contributed by atoms with Crippen molar-refractivity contribution in [2.24, 2.45) is 0 Å². The van der Waals surface area contributed by atoms with Crippen LogP contribution in [0.3, 0.4) is 0 Å². The van der Waals surface area contributed by atoms with Crippen molar-refractivity contribution >= 4 is 34.0 Å². The molecule has 0 saturated heterocycles. The van der Waals surface area contributed by atoms with E-state index >= 15 is 0 Å². The van der Waals surface area contributed by atoms with E-state index in [-0.39, 0.29) is 11.6 Å². The van der Waals surface area contributed by atoms with Crippen LogP contribution in [-0.4, -0.2) is 23.7 Å². The molecule has 21 heavy (non-hydrogen) atoms. The highest BCUT2D eigenvalue weighted by Crippen LogP contribution is 2.29. The highest BCUT2D eigenvalue weighted by atomic mass is 32.1. The molecule has 108 valence electrons. The average molecular weight is 302 g/mol. The summed E-state index contributed by atoms with van der Waals surface area (Å²) in [6.07, 6.45) is 1.86. The van der Waals surface area contributed by atoms with Crippen molar-refractivity contribution in [1.82, 2.24) is 0 Å². The number of carboxylic acids is 1. The zero-order valence-corrected chi connectivity index (χ0v) is 12.0. The molecule has 2 heterocycles. The zero-order chi connectivity index (χ0) is 14.8. The molecule has 0 aliphatic carbocycles. The molecule has 2 aromatic rings. The highest BCUT2D eigenvalue weighted by molar-refractivity contribution is 7.14. The minimum Gasteiger partial charge on any atom is -0.478 e. The highest BCUT2D eigenvalue weighted by Gasteiger charge is 2.23. The van der Waals surface area contributed by atoms with Gasteiger partial charge in [-0.1, -0.05) is 18.2 Å². The summed E-state index contributed by atoms with van der Waals surface area (Å²) in [5, 5.41) is 13.8. The molecule has 0 spiro atoms. The number of hydrogen-bond acceptors (Lipinski definition) is 3. The van der Waals surface area contributed by atoms with Crippen LogP contribution in [0.1, 0.15) is 22.3 Å². The maximum atomic E-state index is 12.4. The fraction of sp³-hybridized carbons (Fsp3) is 0.200. The molecule has 0 radical (unpaired) electrons. The summed E-state index contributed by atoms with van der Waals surface area (Å²) in [7, 11) is 0. The van der Waals surface area contributed by atoms with Gasteiger partial charge in [0.2, 0.25) is 0 Å². The second-order valence-electron chi connectivity index (χ2n) is 4.78. The van der Waals surface area contributed by atoms with Gasteiger partial charge in [0, 0.05) is 12.2 Å². The Kier molecular flexibility index (Phi) is 3.62. The van der Waals surface area contributed by atoms with Crippen molar-refractivity contribution in [3.63, 3.8) is 0 Å². The molecule has 0 saturated carbocycles. The zero-order valence-electron chi connectivity index (χ0n) is 11.2. The molecular weight excluding hydrogens is 288 g/mol. The molecule has 6 heteroatoms. The number of para-hydroxylation sites is 1. The van der Waals surface area contributed by atoms with Gasteiger partial charge in [0.25, 0.3) is 0 Å².